The lowest BCUT2D eigenvalue weighted by molar-refractivity contribution is -0.287. The lowest BCUT2D eigenvalue weighted by atomic mass is 9.83. The van der Waals surface area contributed by atoms with Crippen LogP contribution in [-0.2, 0) is 4.89 Å². The Morgan fingerprint density at radius 3 is 2.92 bits per heavy atom. The van der Waals surface area contributed by atoms with Gasteiger partial charge in [0.25, 0.3) is 0 Å². The molecule has 0 heterocycles. The molecule has 2 unspecified atom stereocenters. The maximum Gasteiger partial charge on any atom is 0.103 e. The molecule has 0 aliphatic heterocycles. The van der Waals surface area contributed by atoms with E-state index in [1.54, 1.807) is 0 Å². The third-order valence-electron chi connectivity index (χ3n) is 2.46. The fourth-order valence-electron chi connectivity index (χ4n) is 1.65. The third-order valence-corrected chi connectivity index (χ3v) is 2.46. The molecule has 0 fully saturated rings. The topological polar surface area (TPSA) is 29.5 Å². The van der Waals surface area contributed by atoms with Crippen molar-refractivity contribution >= 4 is 0 Å². The zero-order chi connectivity index (χ0) is 9.14. The first-order valence-electron chi connectivity index (χ1n) is 4.26. The van der Waals surface area contributed by atoms with Crippen LogP contribution < -0.4 is 0 Å². The Morgan fingerprint density at radius 1 is 1.75 bits per heavy atom. The maximum absolute atomic E-state index is 8.66. The fourth-order valence-corrected chi connectivity index (χ4v) is 1.65. The van der Waals surface area contributed by atoms with Crippen LogP contribution in [-0.4, -0.2) is 11.4 Å². The molecule has 1 aliphatic carbocycles. The summed E-state index contributed by atoms with van der Waals surface area (Å²) in [5.41, 5.74) is 2.37. The number of rotatable bonds is 2. The molecule has 0 aromatic rings. The standard InChI is InChI=1S/C10H16O2/c1-7(2)9-5-4-8(3)6-10(9)12-11/h4,9-11H,1,5-6H2,2-3H3. The lowest BCUT2D eigenvalue weighted by Crippen LogP contribution is -2.26. The molecule has 0 radical (unpaired) electrons. The number of allylic oxidation sites excluding steroid dienone is 1. The Balaban J connectivity index is 2.69. The monoisotopic (exact) mass is 168 g/mol. The molecule has 1 aliphatic rings. The van der Waals surface area contributed by atoms with Gasteiger partial charge in [0.1, 0.15) is 6.10 Å². The minimum atomic E-state index is -0.0903. The van der Waals surface area contributed by atoms with E-state index in [9.17, 15) is 0 Å². The van der Waals surface area contributed by atoms with Crippen molar-refractivity contribution in [2.24, 2.45) is 5.92 Å². The average Bonchev–Trinajstić information content (AvgIpc) is 2.03. The van der Waals surface area contributed by atoms with E-state index >= 15 is 0 Å². The highest BCUT2D eigenvalue weighted by Gasteiger charge is 2.25. The molecule has 0 saturated heterocycles. The van der Waals surface area contributed by atoms with Gasteiger partial charge in [0, 0.05) is 5.92 Å². The first kappa shape index (κ1) is 9.49. The predicted molar refractivity (Wildman–Crippen MR) is 48.8 cm³/mol. The van der Waals surface area contributed by atoms with Crippen LogP contribution >= 0.6 is 0 Å². The molecule has 2 nitrogen and oxygen atoms in total. The van der Waals surface area contributed by atoms with Gasteiger partial charge in [-0.15, -0.1) is 0 Å². The molecule has 68 valence electrons. The van der Waals surface area contributed by atoms with Crippen LogP contribution in [0.15, 0.2) is 23.8 Å². The summed E-state index contributed by atoms with van der Waals surface area (Å²) < 4.78 is 0. The summed E-state index contributed by atoms with van der Waals surface area (Å²) in [5, 5.41) is 8.66. The highest BCUT2D eigenvalue weighted by Crippen LogP contribution is 2.30. The second-order valence-electron chi connectivity index (χ2n) is 3.59. The van der Waals surface area contributed by atoms with E-state index in [0.29, 0.717) is 0 Å². The van der Waals surface area contributed by atoms with Crippen LogP contribution in [0.4, 0.5) is 0 Å². The molecule has 2 atom stereocenters. The van der Waals surface area contributed by atoms with E-state index in [4.69, 9.17) is 5.26 Å². The van der Waals surface area contributed by atoms with Crippen LogP contribution in [0.25, 0.3) is 0 Å². The Hall–Kier alpha value is -0.600. The van der Waals surface area contributed by atoms with Gasteiger partial charge in [0.15, 0.2) is 0 Å². The Bertz CT molecular complexity index is 206. The Morgan fingerprint density at radius 2 is 2.42 bits per heavy atom. The minimum absolute atomic E-state index is 0.0903. The van der Waals surface area contributed by atoms with Gasteiger partial charge in [-0.2, -0.15) is 0 Å². The zero-order valence-corrected chi connectivity index (χ0v) is 7.71. The summed E-state index contributed by atoms with van der Waals surface area (Å²) in [6, 6.07) is 0. The van der Waals surface area contributed by atoms with Crippen molar-refractivity contribution in [2.45, 2.75) is 32.8 Å². The van der Waals surface area contributed by atoms with Crippen LogP contribution in [0.2, 0.25) is 0 Å². The quantitative estimate of drug-likeness (QED) is 0.390. The summed E-state index contributed by atoms with van der Waals surface area (Å²) in [7, 11) is 0. The SMILES string of the molecule is C=C(C)C1CC=C(C)CC1OO. The first-order chi connectivity index (χ1) is 5.65. The third kappa shape index (κ3) is 1.96. The van der Waals surface area contributed by atoms with Gasteiger partial charge in [-0.3, -0.25) is 5.26 Å². The van der Waals surface area contributed by atoms with Crippen molar-refractivity contribution in [1.82, 2.24) is 0 Å². The Labute approximate surface area is 73.5 Å². The van der Waals surface area contributed by atoms with Crippen molar-refractivity contribution < 1.29 is 10.1 Å². The summed E-state index contributed by atoms with van der Waals surface area (Å²) in [6.45, 7) is 7.92. The van der Waals surface area contributed by atoms with Crippen LogP contribution in [0.3, 0.4) is 0 Å². The van der Waals surface area contributed by atoms with Crippen molar-refractivity contribution in [2.75, 3.05) is 0 Å². The molecule has 2 heteroatoms. The van der Waals surface area contributed by atoms with Gasteiger partial charge in [-0.1, -0.05) is 23.8 Å². The molecule has 0 aromatic heterocycles. The average molecular weight is 168 g/mol. The normalized spacial score (nSPS) is 29.8. The highest BCUT2D eigenvalue weighted by molar-refractivity contribution is 5.13. The molecule has 0 amide bonds. The Kier molecular flexibility index (Phi) is 3.06. The van der Waals surface area contributed by atoms with E-state index in [2.05, 4.69) is 24.5 Å². The second kappa shape index (κ2) is 3.87. The molecule has 0 aromatic carbocycles. The lowest BCUT2D eigenvalue weighted by Gasteiger charge is -2.28. The molecule has 1 rings (SSSR count). The van der Waals surface area contributed by atoms with E-state index < -0.39 is 0 Å². The molecular formula is C10H16O2. The minimum Gasteiger partial charge on any atom is -0.252 e. The van der Waals surface area contributed by atoms with Crippen molar-refractivity contribution in [3.8, 4) is 0 Å². The second-order valence-corrected chi connectivity index (χ2v) is 3.59. The molecule has 12 heavy (non-hydrogen) atoms. The van der Waals surface area contributed by atoms with E-state index in [-0.39, 0.29) is 12.0 Å². The van der Waals surface area contributed by atoms with Crippen LogP contribution in [0.5, 0.6) is 0 Å². The van der Waals surface area contributed by atoms with E-state index in [1.807, 2.05) is 6.92 Å². The van der Waals surface area contributed by atoms with E-state index in [0.717, 1.165) is 18.4 Å². The van der Waals surface area contributed by atoms with Gasteiger partial charge in [0.2, 0.25) is 0 Å². The summed E-state index contributed by atoms with van der Waals surface area (Å²) >= 11 is 0. The number of hydrogen-bond acceptors (Lipinski definition) is 2. The van der Waals surface area contributed by atoms with Gasteiger partial charge < -0.3 is 0 Å². The number of hydrogen-bond donors (Lipinski definition) is 1. The largest absolute Gasteiger partial charge is 0.252 e. The van der Waals surface area contributed by atoms with Gasteiger partial charge in [-0.25, -0.2) is 4.89 Å². The van der Waals surface area contributed by atoms with Crippen molar-refractivity contribution in [3.05, 3.63) is 23.8 Å². The van der Waals surface area contributed by atoms with Gasteiger partial charge >= 0.3 is 0 Å². The van der Waals surface area contributed by atoms with Gasteiger partial charge in [0.05, 0.1) is 0 Å². The smallest absolute Gasteiger partial charge is 0.103 e. The predicted octanol–water partition coefficient (Wildman–Crippen LogP) is 2.78. The summed E-state index contributed by atoms with van der Waals surface area (Å²) in [4.78, 5) is 4.43. The van der Waals surface area contributed by atoms with Crippen LogP contribution in [0, 0.1) is 5.92 Å². The molecular weight excluding hydrogens is 152 g/mol. The maximum atomic E-state index is 8.66. The van der Waals surface area contributed by atoms with E-state index in [1.165, 1.54) is 5.57 Å². The zero-order valence-electron chi connectivity index (χ0n) is 7.71. The van der Waals surface area contributed by atoms with Gasteiger partial charge in [-0.05, 0) is 26.7 Å². The molecule has 0 spiro atoms. The first-order valence-corrected chi connectivity index (χ1v) is 4.26. The highest BCUT2D eigenvalue weighted by atomic mass is 17.1. The van der Waals surface area contributed by atoms with Crippen LogP contribution in [0.1, 0.15) is 26.7 Å². The molecule has 1 N–H and O–H groups in total. The van der Waals surface area contributed by atoms with Crippen molar-refractivity contribution in [1.29, 1.82) is 0 Å². The van der Waals surface area contributed by atoms with Crippen molar-refractivity contribution in [3.63, 3.8) is 0 Å². The summed E-state index contributed by atoms with van der Waals surface area (Å²) in [6.07, 6.45) is 3.85. The molecule has 0 saturated carbocycles. The molecule has 0 bridgehead atoms. The summed E-state index contributed by atoms with van der Waals surface area (Å²) in [5.74, 6) is 0.277. The fraction of sp³-hybridized carbons (Fsp3) is 0.600.